The van der Waals surface area contributed by atoms with Crippen molar-refractivity contribution < 1.29 is 4.74 Å². The molecule has 1 N–H and O–H groups in total. The quantitative estimate of drug-likeness (QED) is 0.799. The van der Waals surface area contributed by atoms with Crippen LogP contribution in [0.15, 0.2) is 0 Å². The normalized spacial score (nSPS) is 19.4. The van der Waals surface area contributed by atoms with Gasteiger partial charge in [0.25, 0.3) is 0 Å². The molecule has 0 spiro atoms. The molecular weight excluding hydrogens is 274 g/mol. The molecule has 1 aliphatic rings. The molecular formula is C7H15Br2NO. The van der Waals surface area contributed by atoms with Crippen LogP contribution in [0.5, 0.6) is 0 Å². The summed E-state index contributed by atoms with van der Waals surface area (Å²) >= 11 is 3.34. The van der Waals surface area contributed by atoms with Gasteiger partial charge >= 0.3 is 0 Å². The number of nitrogens with one attached hydrogen (secondary N) is 1. The van der Waals surface area contributed by atoms with E-state index >= 15 is 0 Å². The molecule has 2 nitrogen and oxygen atoms in total. The largest absolute Gasteiger partial charge is 0.377 e. The van der Waals surface area contributed by atoms with Gasteiger partial charge < -0.3 is 10.1 Å². The molecule has 4 heteroatoms. The fourth-order valence-corrected chi connectivity index (χ4v) is 1.36. The first kappa shape index (κ1) is 11.9. The van der Waals surface area contributed by atoms with E-state index in [2.05, 4.69) is 21.2 Å². The predicted octanol–water partition coefficient (Wildman–Crippen LogP) is 1.73. The van der Waals surface area contributed by atoms with Crippen LogP contribution in [-0.2, 0) is 4.74 Å². The number of rotatable bonds is 3. The van der Waals surface area contributed by atoms with E-state index in [9.17, 15) is 0 Å². The molecule has 0 unspecified atom stereocenters. The van der Waals surface area contributed by atoms with E-state index in [1.54, 1.807) is 0 Å². The van der Waals surface area contributed by atoms with Crippen LogP contribution in [-0.4, -0.2) is 31.1 Å². The van der Waals surface area contributed by atoms with E-state index in [-0.39, 0.29) is 17.0 Å². The van der Waals surface area contributed by atoms with Gasteiger partial charge in [0, 0.05) is 5.33 Å². The Hall–Kier alpha value is 0.880. The van der Waals surface area contributed by atoms with E-state index < -0.39 is 0 Å². The van der Waals surface area contributed by atoms with Crippen LogP contribution < -0.4 is 5.32 Å². The van der Waals surface area contributed by atoms with Crippen molar-refractivity contribution in [3.8, 4) is 0 Å². The molecule has 0 saturated carbocycles. The second kappa shape index (κ2) is 7.53. The molecule has 1 saturated heterocycles. The summed E-state index contributed by atoms with van der Waals surface area (Å²) in [5.74, 6) is 0. The maximum Gasteiger partial charge on any atom is 0.0599 e. The molecule has 1 fully saturated rings. The molecule has 0 bridgehead atoms. The van der Waals surface area contributed by atoms with Crippen molar-refractivity contribution >= 4 is 32.9 Å². The van der Waals surface area contributed by atoms with Crippen molar-refractivity contribution in [3.63, 3.8) is 0 Å². The Morgan fingerprint density at radius 1 is 1.36 bits per heavy atom. The van der Waals surface area contributed by atoms with Gasteiger partial charge in [0.1, 0.15) is 0 Å². The first-order chi connectivity index (χ1) is 4.93. The summed E-state index contributed by atoms with van der Waals surface area (Å²) in [6.45, 7) is 3.09. The van der Waals surface area contributed by atoms with Gasteiger partial charge in [-0.15, -0.1) is 17.0 Å². The second-order valence-electron chi connectivity index (χ2n) is 2.51. The molecule has 0 atom stereocenters. The Morgan fingerprint density at radius 2 is 2.00 bits per heavy atom. The Kier molecular flexibility index (Phi) is 8.13. The van der Waals surface area contributed by atoms with Crippen molar-refractivity contribution in [1.82, 2.24) is 5.32 Å². The monoisotopic (exact) mass is 287 g/mol. The summed E-state index contributed by atoms with van der Waals surface area (Å²) in [4.78, 5) is 0. The van der Waals surface area contributed by atoms with E-state index in [0.29, 0.717) is 6.10 Å². The number of piperidine rings is 1. The van der Waals surface area contributed by atoms with E-state index in [1.165, 1.54) is 12.8 Å². The minimum Gasteiger partial charge on any atom is -0.377 e. The molecule has 0 aromatic carbocycles. The van der Waals surface area contributed by atoms with Crippen molar-refractivity contribution in [1.29, 1.82) is 0 Å². The Balaban J connectivity index is 0.000001000. The molecule has 11 heavy (non-hydrogen) atoms. The lowest BCUT2D eigenvalue weighted by molar-refractivity contribution is 0.0437. The van der Waals surface area contributed by atoms with Crippen LogP contribution in [0.3, 0.4) is 0 Å². The number of hydrogen-bond donors (Lipinski definition) is 1. The zero-order valence-corrected chi connectivity index (χ0v) is 9.81. The fourth-order valence-electron chi connectivity index (χ4n) is 1.17. The van der Waals surface area contributed by atoms with Gasteiger partial charge in [0.05, 0.1) is 12.7 Å². The number of alkyl halides is 1. The lowest BCUT2D eigenvalue weighted by Gasteiger charge is -2.22. The summed E-state index contributed by atoms with van der Waals surface area (Å²) in [5, 5.41) is 4.25. The highest BCUT2D eigenvalue weighted by atomic mass is 79.9. The highest BCUT2D eigenvalue weighted by Crippen LogP contribution is 2.06. The van der Waals surface area contributed by atoms with Crippen LogP contribution >= 0.6 is 32.9 Å². The third-order valence-electron chi connectivity index (χ3n) is 1.72. The first-order valence-corrected chi connectivity index (χ1v) is 4.94. The molecule has 1 rings (SSSR count). The molecule has 0 amide bonds. The standard InChI is InChI=1S/C7H14BrNO.BrH/c8-3-6-10-7-1-4-9-5-2-7;/h7,9H,1-6H2;1H. The summed E-state index contributed by atoms with van der Waals surface area (Å²) in [7, 11) is 0. The third kappa shape index (κ3) is 5.17. The SMILES string of the molecule is Br.BrCCOC1CCNCC1. The van der Waals surface area contributed by atoms with Crippen LogP contribution in [0.4, 0.5) is 0 Å². The molecule has 0 radical (unpaired) electrons. The van der Waals surface area contributed by atoms with Crippen molar-refractivity contribution in [3.05, 3.63) is 0 Å². The van der Waals surface area contributed by atoms with Crippen LogP contribution in [0, 0.1) is 0 Å². The Labute approximate surface area is 87.0 Å². The number of halogens is 2. The second-order valence-corrected chi connectivity index (χ2v) is 3.30. The van der Waals surface area contributed by atoms with Gasteiger partial charge in [-0.05, 0) is 25.9 Å². The van der Waals surface area contributed by atoms with Crippen LogP contribution in [0.25, 0.3) is 0 Å². The molecule has 68 valence electrons. The smallest absolute Gasteiger partial charge is 0.0599 e. The number of hydrogen-bond acceptors (Lipinski definition) is 2. The van der Waals surface area contributed by atoms with Crippen molar-refractivity contribution in [2.45, 2.75) is 18.9 Å². The number of ether oxygens (including phenoxy) is 1. The van der Waals surface area contributed by atoms with Gasteiger partial charge in [-0.2, -0.15) is 0 Å². The average Bonchev–Trinajstić information content (AvgIpc) is 2.03. The molecule has 0 aromatic rings. The van der Waals surface area contributed by atoms with Crippen LogP contribution in [0.2, 0.25) is 0 Å². The fraction of sp³-hybridized carbons (Fsp3) is 1.00. The van der Waals surface area contributed by atoms with Crippen molar-refractivity contribution in [2.75, 3.05) is 25.0 Å². The Bertz CT molecular complexity index is 86.5. The minimum atomic E-state index is 0. The van der Waals surface area contributed by atoms with E-state index in [1.807, 2.05) is 0 Å². The molecule has 1 aliphatic heterocycles. The third-order valence-corrected chi connectivity index (χ3v) is 2.04. The van der Waals surface area contributed by atoms with Crippen molar-refractivity contribution in [2.24, 2.45) is 0 Å². The predicted molar refractivity (Wildman–Crippen MR) is 56.0 cm³/mol. The zero-order valence-electron chi connectivity index (χ0n) is 6.51. The van der Waals surface area contributed by atoms with Gasteiger partial charge in [0.15, 0.2) is 0 Å². The summed E-state index contributed by atoms with van der Waals surface area (Å²) < 4.78 is 5.55. The van der Waals surface area contributed by atoms with Gasteiger partial charge in [-0.1, -0.05) is 15.9 Å². The summed E-state index contributed by atoms with van der Waals surface area (Å²) in [6, 6.07) is 0. The van der Waals surface area contributed by atoms with Gasteiger partial charge in [-0.25, -0.2) is 0 Å². The van der Waals surface area contributed by atoms with E-state index in [0.717, 1.165) is 25.0 Å². The zero-order chi connectivity index (χ0) is 7.23. The van der Waals surface area contributed by atoms with E-state index in [4.69, 9.17) is 4.74 Å². The summed E-state index contributed by atoms with van der Waals surface area (Å²) in [6.07, 6.45) is 2.86. The molecule has 0 aromatic heterocycles. The Morgan fingerprint density at radius 3 is 2.55 bits per heavy atom. The van der Waals surface area contributed by atoms with Gasteiger partial charge in [0.2, 0.25) is 0 Å². The van der Waals surface area contributed by atoms with Crippen LogP contribution in [0.1, 0.15) is 12.8 Å². The minimum absolute atomic E-state index is 0. The average molecular weight is 289 g/mol. The lowest BCUT2D eigenvalue weighted by Crippen LogP contribution is -2.32. The summed E-state index contributed by atoms with van der Waals surface area (Å²) in [5.41, 5.74) is 0. The molecule has 1 heterocycles. The topological polar surface area (TPSA) is 21.3 Å². The molecule has 0 aliphatic carbocycles. The highest BCUT2D eigenvalue weighted by molar-refractivity contribution is 9.09. The first-order valence-electron chi connectivity index (χ1n) is 3.82. The lowest BCUT2D eigenvalue weighted by atomic mass is 10.1. The van der Waals surface area contributed by atoms with Gasteiger partial charge in [-0.3, -0.25) is 0 Å². The maximum absolute atomic E-state index is 5.55. The highest BCUT2D eigenvalue weighted by Gasteiger charge is 2.11. The maximum atomic E-state index is 5.55.